The average Bonchev–Trinajstić information content (AvgIpc) is 2.78. The van der Waals surface area contributed by atoms with Crippen LogP contribution in [-0.4, -0.2) is 64.7 Å². The summed E-state index contributed by atoms with van der Waals surface area (Å²) in [5.41, 5.74) is -0.361. The summed E-state index contributed by atoms with van der Waals surface area (Å²) < 4.78 is 5.38. The molecule has 1 aromatic rings. The molecule has 2 atom stereocenters. The van der Waals surface area contributed by atoms with E-state index in [0.29, 0.717) is 30.7 Å². The number of unbranched alkanes of at least 4 members (excludes halogenated alkanes) is 2. The van der Waals surface area contributed by atoms with Crippen LogP contribution in [0.15, 0.2) is 24.3 Å². The van der Waals surface area contributed by atoms with Gasteiger partial charge >= 0.3 is 6.09 Å². The first kappa shape index (κ1) is 30.6. The molecule has 198 valence electrons. The van der Waals surface area contributed by atoms with Crippen molar-refractivity contribution in [1.82, 2.24) is 15.5 Å². The maximum absolute atomic E-state index is 13.8. The van der Waals surface area contributed by atoms with Crippen LogP contribution in [0.1, 0.15) is 78.3 Å². The number of hydrogen-bond acceptors (Lipinski definition) is 6. The van der Waals surface area contributed by atoms with Crippen molar-refractivity contribution in [1.29, 1.82) is 0 Å². The van der Waals surface area contributed by atoms with E-state index in [2.05, 4.69) is 17.6 Å². The number of alkyl carbamates (subject to hydrolysis) is 1. The monoisotopic (exact) mass is 509 g/mol. The standard InChI is InChI=1S/C26H43N3O5S/c1-7-9-12-16-27-23(31)22(19-13-10-11-14-21(19)30)29(17-8-2)24(32)20(15-18-35-6)28-25(33)34-26(3,4)5/h10-11,13-14,20,22,30H,7-9,12,15-18H2,1-6H3,(H,27,31)(H,28,33). The van der Waals surface area contributed by atoms with E-state index in [1.165, 1.54) is 11.0 Å². The molecule has 9 heteroatoms. The molecule has 0 aliphatic rings. The molecule has 0 aliphatic carbocycles. The Morgan fingerprint density at radius 3 is 2.37 bits per heavy atom. The number of amides is 3. The number of thioether (sulfide) groups is 1. The Kier molecular flexibility index (Phi) is 13.6. The van der Waals surface area contributed by atoms with E-state index in [1.807, 2.05) is 13.2 Å². The number of benzene rings is 1. The van der Waals surface area contributed by atoms with Gasteiger partial charge < -0.3 is 25.4 Å². The minimum atomic E-state index is -1.03. The zero-order valence-corrected chi connectivity index (χ0v) is 22.9. The third-order valence-corrected chi connectivity index (χ3v) is 5.86. The van der Waals surface area contributed by atoms with Crippen molar-refractivity contribution in [3.05, 3.63) is 29.8 Å². The summed E-state index contributed by atoms with van der Waals surface area (Å²) in [4.78, 5) is 41.2. The molecule has 0 saturated carbocycles. The molecular weight excluding hydrogens is 466 g/mol. The largest absolute Gasteiger partial charge is 0.508 e. The number of carbonyl (C=O) groups is 3. The summed E-state index contributed by atoms with van der Waals surface area (Å²) >= 11 is 1.56. The van der Waals surface area contributed by atoms with Gasteiger partial charge in [0.05, 0.1) is 0 Å². The molecule has 0 heterocycles. The normalized spacial score (nSPS) is 13.0. The van der Waals surface area contributed by atoms with Crippen molar-refractivity contribution in [2.75, 3.05) is 25.1 Å². The lowest BCUT2D eigenvalue weighted by atomic mass is 10.0. The fourth-order valence-electron chi connectivity index (χ4n) is 3.60. The van der Waals surface area contributed by atoms with Gasteiger partial charge in [0.2, 0.25) is 11.8 Å². The van der Waals surface area contributed by atoms with Gasteiger partial charge in [0.1, 0.15) is 23.4 Å². The summed E-state index contributed by atoms with van der Waals surface area (Å²) in [6.07, 6.45) is 5.05. The van der Waals surface area contributed by atoms with Crippen LogP contribution in [0.4, 0.5) is 4.79 Å². The van der Waals surface area contributed by atoms with Crippen LogP contribution in [0.5, 0.6) is 5.75 Å². The molecule has 3 amide bonds. The summed E-state index contributed by atoms with van der Waals surface area (Å²) in [7, 11) is 0. The molecule has 0 aliphatic heterocycles. The first-order valence-electron chi connectivity index (χ1n) is 12.4. The van der Waals surface area contributed by atoms with Crippen molar-refractivity contribution in [2.24, 2.45) is 0 Å². The van der Waals surface area contributed by atoms with E-state index < -0.39 is 23.8 Å². The fourth-order valence-corrected chi connectivity index (χ4v) is 4.07. The summed E-state index contributed by atoms with van der Waals surface area (Å²) in [6.45, 7) is 10.0. The van der Waals surface area contributed by atoms with Crippen LogP contribution < -0.4 is 10.6 Å². The van der Waals surface area contributed by atoms with E-state index in [4.69, 9.17) is 4.74 Å². The Bertz CT molecular complexity index is 812. The quantitative estimate of drug-likeness (QED) is 0.316. The van der Waals surface area contributed by atoms with Crippen LogP contribution in [0, 0.1) is 0 Å². The van der Waals surface area contributed by atoms with Gasteiger partial charge in [-0.25, -0.2) is 4.79 Å². The van der Waals surface area contributed by atoms with Crippen molar-refractivity contribution in [3.8, 4) is 5.75 Å². The molecular formula is C26H43N3O5S. The predicted molar refractivity (Wildman–Crippen MR) is 142 cm³/mol. The maximum Gasteiger partial charge on any atom is 0.408 e. The van der Waals surface area contributed by atoms with Gasteiger partial charge in [-0.1, -0.05) is 44.9 Å². The third-order valence-electron chi connectivity index (χ3n) is 5.22. The van der Waals surface area contributed by atoms with Gasteiger partial charge in [0.25, 0.3) is 0 Å². The number of rotatable bonds is 14. The number of hydrogen-bond donors (Lipinski definition) is 3. The lowest BCUT2D eigenvalue weighted by Gasteiger charge is -2.34. The van der Waals surface area contributed by atoms with Crippen molar-refractivity contribution in [3.63, 3.8) is 0 Å². The Morgan fingerprint density at radius 1 is 1.11 bits per heavy atom. The molecule has 8 nitrogen and oxygen atoms in total. The first-order chi connectivity index (χ1) is 16.6. The van der Waals surface area contributed by atoms with E-state index >= 15 is 0 Å². The zero-order chi connectivity index (χ0) is 26.4. The fraction of sp³-hybridized carbons (Fsp3) is 0.654. The Balaban J connectivity index is 3.33. The topological polar surface area (TPSA) is 108 Å². The Morgan fingerprint density at radius 2 is 1.80 bits per heavy atom. The Hall–Kier alpha value is -2.42. The molecule has 0 saturated heterocycles. The van der Waals surface area contributed by atoms with E-state index in [0.717, 1.165) is 19.3 Å². The number of aromatic hydroxyl groups is 1. The summed E-state index contributed by atoms with van der Waals surface area (Å²) in [5.74, 6) is -0.165. The third kappa shape index (κ3) is 10.8. The lowest BCUT2D eigenvalue weighted by molar-refractivity contribution is -0.142. The lowest BCUT2D eigenvalue weighted by Crippen LogP contribution is -2.53. The number of nitrogens with zero attached hydrogens (tertiary/aromatic N) is 1. The van der Waals surface area contributed by atoms with E-state index in [1.54, 1.807) is 50.7 Å². The van der Waals surface area contributed by atoms with Gasteiger partial charge in [0.15, 0.2) is 0 Å². The zero-order valence-electron chi connectivity index (χ0n) is 22.1. The SMILES string of the molecule is CCCCCNC(=O)C(c1ccccc1O)N(CCC)C(=O)C(CCSC)NC(=O)OC(C)(C)C. The highest BCUT2D eigenvalue weighted by Crippen LogP contribution is 2.30. The van der Waals surface area contributed by atoms with Crippen molar-refractivity contribution in [2.45, 2.75) is 84.4 Å². The predicted octanol–water partition coefficient (Wildman–Crippen LogP) is 4.62. The van der Waals surface area contributed by atoms with Crippen LogP contribution in [0.3, 0.4) is 0 Å². The first-order valence-corrected chi connectivity index (χ1v) is 13.8. The van der Waals surface area contributed by atoms with E-state index in [9.17, 15) is 19.5 Å². The maximum atomic E-state index is 13.8. The van der Waals surface area contributed by atoms with Crippen molar-refractivity contribution >= 4 is 29.7 Å². The minimum absolute atomic E-state index is 0.0594. The minimum Gasteiger partial charge on any atom is -0.508 e. The summed E-state index contributed by atoms with van der Waals surface area (Å²) in [5, 5.41) is 16.2. The second-order valence-corrected chi connectivity index (χ2v) is 10.5. The second-order valence-electron chi connectivity index (χ2n) is 9.47. The summed E-state index contributed by atoms with van der Waals surface area (Å²) in [6, 6.07) is 4.66. The van der Waals surface area contributed by atoms with Gasteiger partial charge in [-0.05, 0) is 58.1 Å². The van der Waals surface area contributed by atoms with Crippen LogP contribution in [0.25, 0.3) is 0 Å². The number of nitrogens with one attached hydrogen (secondary N) is 2. The van der Waals surface area contributed by atoms with E-state index in [-0.39, 0.29) is 24.1 Å². The molecule has 2 unspecified atom stereocenters. The molecule has 0 aromatic heterocycles. The molecule has 3 N–H and O–H groups in total. The molecule has 0 fully saturated rings. The van der Waals surface area contributed by atoms with Gasteiger partial charge in [0, 0.05) is 18.7 Å². The average molecular weight is 510 g/mol. The van der Waals surface area contributed by atoms with Crippen LogP contribution >= 0.6 is 11.8 Å². The second kappa shape index (κ2) is 15.5. The Labute approximate surface area is 214 Å². The molecule has 1 rings (SSSR count). The highest BCUT2D eigenvalue weighted by atomic mass is 32.2. The number of carbonyl (C=O) groups excluding carboxylic acids is 3. The molecule has 0 spiro atoms. The highest BCUT2D eigenvalue weighted by molar-refractivity contribution is 7.98. The molecule has 35 heavy (non-hydrogen) atoms. The van der Waals surface area contributed by atoms with Crippen molar-refractivity contribution < 1.29 is 24.2 Å². The van der Waals surface area contributed by atoms with Gasteiger partial charge in [-0.3, -0.25) is 9.59 Å². The van der Waals surface area contributed by atoms with Crippen LogP contribution in [0.2, 0.25) is 0 Å². The van der Waals surface area contributed by atoms with Gasteiger partial charge in [-0.2, -0.15) is 11.8 Å². The van der Waals surface area contributed by atoms with Gasteiger partial charge in [-0.15, -0.1) is 0 Å². The highest BCUT2D eigenvalue weighted by Gasteiger charge is 2.36. The number of ether oxygens (including phenoxy) is 1. The molecule has 0 radical (unpaired) electrons. The van der Waals surface area contributed by atoms with Crippen LogP contribution in [-0.2, 0) is 14.3 Å². The number of phenols is 1. The number of para-hydroxylation sites is 1. The smallest absolute Gasteiger partial charge is 0.408 e. The number of phenolic OH excluding ortho intramolecular Hbond substituents is 1. The molecule has 1 aromatic carbocycles. The molecule has 0 bridgehead atoms.